The number of aromatic amines is 1. The quantitative estimate of drug-likeness (QED) is 0.143. The average molecular weight is 572 g/mol. The first-order valence-corrected chi connectivity index (χ1v) is 13.5. The summed E-state index contributed by atoms with van der Waals surface area (Å²) in [5.41, 5.74) is 11.5. The van der Waals surface area contributed by atoms with E-state index in [0.717, 1.165) is 34.6 Å². The van der Waals surface area contributed by atoms with Crippen LogP contribution >= 0.6 is 23.2 Å². The Balaban J connectivity index is 1.30. The number of carbonyl (C=O) groups excluding carboxylic acids is 1. The summed E-state index contributed by atoms with van der Waals surface area (Å²) in [4.78, 5) is 20.0. The van der Waals surface area contributed by atoms with E-state index in [9.17, 15) is 4.79 Å². The zero-order valence-electron chi connectivity index (χ0n) is 21.9. The van der Waals surface area contributed by atoms with Crippen LogP contribution < -0.4 is 10.5 Å². The second-order valence-electron chi connectivity index (χ2n) is 9.26. The minimum absolute atomic E-state index is 0.111. The monoisotopic (exact) mass is 571 g/mol. The van der Waals surface area contributed by atoms with Crippen LogP contribution in [-0.4, -0.2) is 23.0 Å². The number of hydrogen-bond donors (Lipinski definition) is 2. The van der Waals surface area contributed by atoms with Crippen molar-refractivity contribution in [1.82, 2.24) is 9.97 Å². The van der Waals surface area contributed by atoms with Gasteiger partial charge in [0, 0.05) is 22.2 Å². The molecule has 0 saturated heterocycles. The number of nitrogen functional groups attached to an aromatic ring is 1. The Morgan fingerprint density at radius 2 is 1.60 bits per heavy atom. The number of benzene rings is 4. The van der Waals surface area contributed by atoms with E-state index in [-0.39, 0.29) is 11.5 Å². The Hall–Kier alpha value is -4.26. The van der Waals surface area contributed by atoms with Crippen molar-refractivity contribution < 1.29 is 14.3 Å². The fourth-order valence-corrected chi connectivity index (χ4v) is 5.10. The molecular formula is C32H27Cl2N3O3. The van der Waals surface area contributed by atoms with Crippen molar-refractivity contribution in [3.8, 4) is 33.9 Å². The Kier molecular flexibility index (Phi) is 8.10. The van der Waals surface area contributed by atoms with Crippen molar-refractivity contribution >= 4 is 34.9 Å². The summed E-state index contributed by atoms with van der Waals surface area (Å²) >= 11 is 12.4. The predicted octanol–water partition coefficient (Wildman–Crippen LogP) is 8.75. The molecule has 1 aromatic heterocycles. The molecule has 1 heterocycles. The average Bonchev–Trinajstić information content (AvgIpc) is 3.44. The normalized spacial score (nSPS) is 11.7. The summed E-state index contributed by atoms with van der Waals surface area (Å²) in [7, 11) is 1.31. The second-order valence-corrected chi connectivity index (χ2v) is 10.1. The fourth-order valence-electron chi connectivity index (χ4n) is 4.59. The number of methoxy groups -OCH3 is 1. The van der Waals surface area contributed by atoms with Gasteiger partial charge in [0.15, 0.2) is 0 Å². The second kappa shape index (κ2) is 11.9. The van der Waals surface area contributed by atoms with E-state index in [1.807, 2.05) is 42.6 Å². The zero-order valence-corrected chi connectivity index (χ0v) is 23.5. The molecule has 0 aliphatic rings. The van der Waals surface area contributed by atoms with Gasteiger partial charge in [0.1, 0.15) is 17.3 Å². The molecule has 40 heavy (non-hydrogen) atoms. The lowest BCUT2D eigenvalue weighted by atomic mass is 9.93. The summed E-state index contributed by atoms with van der Waals surface area (Å²) in [6, 6.07) is 26.6. The third-order valence-corrected chi connectivity index (χ3v) is 7.27. The number of halogens is 2. The van der Waals surface area contributed by atoms with Crippen molar-refractivity contribution in [1.29, 1.82) is 0 Å². The zero-order chi connectivity index (χ0) is 28.2. The van der Waals surface area contributed by atoms with Gasteiger partial charge in [0.25, 0.3) is 0 Å². The van der Waals surface area contributed by atoms with Crippen LogP contribution in [-0.2, 0) is 4.74 Å². The molecule has 0 saturated carbocycles. The van der Waals surface area contributed by atoms with Crippen LogP contribution in [0.5, 0.6) is 11.5 Å². The topological polar surface area (TPSA) is 90.2 Å². The largest absolute Gasteiger partial charge is 0.465 e. The minimum Gasteiger partial charge on any atom is -0.465 e. The number of imidazole rings is 1. The molecule has 0 fully saturated rings. The van der Waals surface area contributed by atoms with Gasteiger partial charge in [-0.15, -0.1) is 0 Å². The number of carbonyl (C=O) groups is 1. The van der Waals surface area contributed by atoms with Crippen LogP contribution in [0.25, 0.3) is 22.4 Å². The van der Waals surface area contributed by atoms with E-state index in [1.165, 1.54) is 12.7 Å². The summed E-state index contributed by atoms with van der Waals surface area (Å²) in [6.07, 6.45) is 2.70. The highest BCUT2D eigenvalue weighted by Crippen LogP contribution is 2.34. The van der Waals surface area contributed by atoms with Gasteiger partial charge in [-0.25, -0.2) is 9.78 Å². The molecule has 5 aromatic rings. The van der Waals surface area contributed by atoms with Gasteiger partial charge in [-0.3, -0.25) is 0 Å². The van der Waals surface area contributed by atoms with Gasteiger partial charge in [0.05, 0.1) is 29.6 Å². The number of hydrogen-bond acceptors (Lipinski definition) is 5. The maximum atomic E-state index is 11.9. The van der Waals surface area contributed by atoms with Crippen LogP contribution in [0.2, 0.25) is 10.0 Å². The Morgan fingerprint density at radius 1 is 0.925 bits per heavy atom. The van der Waals surface area contributed by atoms with E-state index in [0.29, 0.717) is 27.2 Å². The molecule has 6 nitrogen and oxygen atoms in total. The predicted molar refractivity (Wildman–Crippen MR) is 160 cm³/mol. The first-order valence-electron chi connectivity index (χ1n) is 12.7. The molecule has 0 bridgehead atoms. The SMILES string of the molecule is CCC(c1ccc(-c2ccc(Oc3ccc(N)c(C(=O)OC)c3)cc2)cc1)c1ncc(-c2ccc(Cl)cc2Cl)[nH]1. The molecule has 0 aliphatic heterocycles. The Bertz CT molecular complexity index is 1650. The number of aromatic nitrogens is 2. The van der Waals surface area contributed by atoms with Crippen molar-refractivity contribution in [2.24, 2.45) is 0 Å². The Labute approximate surface area is 242 Å². The highest BCUT2D eigenvalue weighted by Gasteiger charge is 2.17. The lowest BCUT2D eigenvalue weighted by molar-refractivity contribution is 0.0601. The van der Waals surface area contributed by atoms with E-state index in [4.69, 9.17) is 38.4 Å². The van der Waals surface area contributed by atoms with Gasteiger partial charge in [0.2, 0.25) is 0 Å². The number of H-pyrrole nitrogens is 1. The lowest BCUT2D eigenvalue weighted by Gasteiger charge is -2.14. The molecule has 3 N–H and O–H groups in total. The molecular weight excluding hydrogens is 545 g/mol. The maximum absolute atomic E-state index is 11.9. The summed E-state index contributed by atoms with van der Waals surface area (Å²) in [6.45, 7) is 2.14. The Morgan fingerprint density at radius 3 is 2.25 bits per heavy atom. The first kappa shape index (κ1) is 27.3. The highest BCUT2D eigenvalue weighted by molar-refractivity contribution is 6.36. The van der Waals surface area contributed by atoms with Crippen molar-refractivity contribution in [2.45, 2.75) is 19.3 Å². The smallest absolute Gasteiger partial charge is 0.340 e. The standard InChI is InChI=1S/C32H27Cl2N3O3/c1-3-25(31-36-18-30(37-31)26-14-10-22(33)16-28(26)34)21-6-4-19(5-7-21)20-8-11-23(12-9-20)40-24-13-15-29(35)27(17-24)32(38)39-2/h4-18,25H,3,35H2,1-2H3,(H,36,37). The van der Waals surface area contributed by atoms with Gasteiger partial charge in [-0.05, 0) is 71.6 Å². The van der Waals surface area contributed by atoms with Crippen LogP contribution in [0, 0.1) is 0 Å². The van der Waals surface area contributed by atoms with E-state index < -0.39 is 5.97 Å². The van der Waals surface area contributed by atoms with E-state index in [2.05, 4.69) is 41.2 Å². The first-order chi connectivity index (χ1) is 19.4. The summed E-state index contributed by atoms with van der Waals surface area (Å²) in [5.74, 6) is 1.62. The molecule has 5 rings (SSSR count). The van der Waals surface area contributed by atoms with E-state index in [1.54, 1.807) is 24.3 Å². The molecule has 0 amide bonds. The van der Waals surface area contributed by atoms with E-state index >= 15 is 0 Å². The van der Waals surface area contributed by atoms with Crippen molar-refractivity contribution in [3.63, 3.8) is 0 Å². The van der Waals surface area contributed by atoms with Gasteiger partial charge >= 0.3 is 5.97 Å². The van der Waals surface area contributed by atoms with Gasteiger partial charge < -0.3 is 20.2 Å². The lowest BCUT2D eigenvalue weighted by Crippen LogP contribution is -2.05. The molecule has 202 valence electrons. The third-order valence-electron chi connectivity index (χ3n) is 6.72. The number of nitrogens with two attached hydrogens (primary N) is 1. The van der Waals surface area contributed by atoms with Crippen LogP contribution in [0.3, 0.4) is 0 Å². The fraction of sp³-hybridized carbons (Fsp3) is 0.125. The number of ether oxygens (including phenoxy) is 2. The van der Waals surface area contributed by atoms with Crippen LogP contribution in [0.15, 0.2) is 91.1 Å². The van der Waals surface area contributed by atoms with Gasteiger partial charge in [-0.2, -0.15) is 0 Å². The van der Waals surface area contributed by atoms with Crippen LogP contribution in [0.4, 0.5) is 5.69 Å². The highest BCUT2D eigenvalue weighted by atomic mass is 35.5. The number of esters is 1. The number of anilines is 1. The number of nitrogens with one attached hydrogen (secondary N) is 1. The third kappa shape index (κ3) is 5.83. The number of rotatable bonds is 8. The maximum Gasteiger partial charge on any atom is 0.340 e. The van der Waals surface area contributed by atoms with Gasteiger partial charge in [-0.1, -0.05) is 66.5 Å². The molecule has 1 atom stereocenters. The summed E-state index contributed by atoms with van der Waals surface area (Å²) < 4.78 is 10.7. The van der Waals surface area contributed by atoms with Crippen LogP contribution in [0.1, 0.15) is 41.0 Å². The molecule has 1 unspecified atom stereocenters. The minimum atomic E-state index is -0.509. The molecule has 0 aliphatic carbocycles. The summed E-state index contributed by atoms with van der Waals surface area (Å²) in [5, 5.41) is 1.18. The molecule has 0 radical (unpaired) electrons. The molecule has 8 heteroatoms. The molecule has 4 aromatic carbocycles. The van der Waals surface area contributed by atoms with Crippen molar-refractivity contribution in [2.75, 3.05) is 12.8 Å². The van der Waals surface area contributed by atoms with Crippen molar-refractivity contribution in [3.05, 3.63) is 118 Å². The number of nitrogens with zero attached hydrogens (tertiary/aromatic N) is 1. The molecule has 0 spiro atoms.